The Hall–Kier alpha value is -3.48. The number of rotatable bonds is 3. The number of aromatic amines is 1. The topological polar surface area (TPSA) is 108 Å². The molecule has 1 amide bonds. The maximum absolute atomic E-state index is 11.9. The van der Waals surface area contributed by atoms with Gasteiger partial charge in [-0.25, -0.2) is 14.8 Å². The Morgan fingerprint density at radius 1 is 1.20 bits per heavy atom. The number of aromatic nitrogens is 3. The zero-order chi connectivity index (χ0) is 17.4. The molecule has 3 N–H and O–H groups in total. The molecule has 124 valence electrons. The van der Waals surface area contributed by atoms with Crippen LogP contribution in [0.2, 0.25) is 0 Å². The molecule has 0 unspecified atom stereocenters. The van der Waals surface area contributed by atoms with Crippen LogP contribution >= 0.6 is 0 Å². The molecule has 2 aromatic heterocycles. The predicted molar refractivity (Wildman–Crippen MR) is 90.3 cm³/mol. The summed E-state index contributed by atoms with van der Waals surface area (Å²) in [5, 5.41) is 11.9. The van der Waals surface area contributed by atoms with E-state index < -0.39 is 5.97 Å². The van der Waals surface area contributed by atoms with E-state index in [4.69, 9.17) is 5.11 Å². The number of nitrogens with zero attached hydrogens (tertiary/aromatic N) is 2. The number of carbonyl (C=O) groups excluding carboxylic acids is 1. The van der Waals surface area contributed by atoms with Crippen molar-refractivity contribution in [3.05, 3.63) is 59.4 Å². The molecule has 0 aliphatic carbocycles. The van der Waals surface area contributed by atoms with Gasteiger partial charge >= 0.3 is 5.97 Å². The maximum Gasteiger partial charge on any atom is 0.335 e. The van der Waals surface area contributed by atoms with Crippen LogP contribution in [0.1, 0.15) is 26.4 Å². The minimum absolute atomic E-state index is 0.0906. The van der Waals surface area contributed by atoms with Gasteiger partial charge in [0.15, 0.2) is 5.82 Å². The molecule has 0 saturated heterocycles. The van der Waals surface area contributed by atoms with Gasteiger partial charge in [0.2, 0.25) is 0 Å². The first kappa shape index (κ1) is 15.1. The van der Waals surface area contributed by atoms with Gasteiger partial charge in [-0.2, -0.15) is 0 Å². The maximum atomic E-state index is 11.9. The minimum atomic E-state index is -0.999. The molecule has 7 nitrogen and oxygen atoms in total. The van der Waals surface area contributed by atoms with Crippen LogP contribution < -0.4 is 5.32 Å². The molecular formula is C18H14N4O3. The van der Waals surface area contributed by atoms with Crippen LogP contribution in [0.5, 0.6) is 0 Å². The fourth-order valence-corrected chi connectivity index (χ4v) is 2.87. The number of hydrogen-bond donors (Lipinski definition) is 3. The molecule has 4 rings (SSSR count). The largest absolute Gasteiger partial charge is 0.478 e. The first-order valence-corrected chi connectivity index (χ1v) is 7.79. The third-order valence-electron chi connectivity index (χ3n) is 4.10. The van der Waals surface area contributed by atoms with Crippen LogP contribution in [0.3, 0.4) is 0 Å². The molecule has 0 saturated carbocycles. The molecule has 0 fully saturated rings. The molecule has 0 spiro atoms. The number of carbonyl (C=O) groups is 2. The number of aromatic carboxylic acids is 1. The third kappa shape index (κ3) is 2.76. The fraction of sp³-hybridized carbons (Fsp3) is 0.111. The fourth-order valence-electron chi connectivity index (χ4n) is 2.87. The summed E-state index contributed by atoms with van der Waals surface area (Å²) in [5.74, 6) is -0.661. The number of hydrogen-bond acceptors (Lipinski definition) is 4. The summed E-state index contributed by atoms with van der Waals surface area (Å²) in [6.07, 6.45) is 2.37. The van der Waals surface area contributed by atoms with E-state index >= 15 is 0 Å². The van der Waals surface area contributed by atoms with Gasteiger partial charge in [-0.1, -0.05) is 12.1 Å². The summed E-state index contributed by atoms with van der Waals surface area (Å²) in [5.41, 5.74) is 3.71. The predicted octanol–water partition coefficient (Wildman–Crippen LogP) is 2.12. The average molecular weight is 334 g/mol. The first-order chi connectivity index (χ1) is 12.1. The van der Waals surface area contributed by atoms with Crippen molar-refractivity contribution < 1.29 is 14.7 Å². The molecule has 1 aromatic carbocycles. The normalized spacial score (nSPS) is 13.2. The van der Waals surface area contributed by atoms with Gasteiger partial charge < -0.3 is 15.4 Å². The second-order valence-corrected chi connectivity index (χ2v) is 5.73. The van der Waals surface area contributed by atoms with Gasteiger partial charge in [0.1, 0.15) is 0 Å². The Balaban J connectivity index is 1.74. The van der Waals surface area contributed by atoms with Gasteiger partial charge in [0.25, 0.3) is 5.91 Å². The lowest BCUT2D eigenvalue weighted by molar-refractivity contribution is 0.0696. The van der Waals surface area contributed by atoms with Crippen molar-refractivity contribution in [1.29, 1.82) is 0 Å². The molecule has 3 heterocycles. The molecule has 0 atom stereocenters. The molecule has 3 aromatic rings. The van der Waals surface area contributed by atoms with E-state index in [0.29, 0.717) is 29.2 Å². The van der Waals surface area contributed by atoms with E-state index in [2.05, 4.69) is 20.3 Å². The first-order valence-electron chi connectivity index (χ1n) is 7.79. The van der Waals surface area contributed by atoms with Gasteiger partial charge in [-0.05, 0) is 24.3 Å². The van der Waals surface area contributed by atoms with Gasteiger partial charge in [-0.3, -0.25) is 4.79 Å². The summed E-state index contributed by atoms with van der Waals surface area (Å²) >= 11 is 0. The Labute approximate surface area is 142 Å². The lowest BCUT2D eigenvalue weighted by Crippen LogP contribution is -2.31. The zero-order valence-corrected chi connectivity index (χ0v) is 13.1. The monoisotopic (exact) mass is 334 g/mol. The number of carboxylic acids is 1. The Kier molecular flexibility index (Phi) is 3.53. The number of amides is 1. The van der Waals surface area contributed by atoms with E-state index in [1.165, 1.54) is 12.1 Å². The highest BCUT2D eigenvalue weighted by Gasteiger charge is 2.20. The van der Waals surface area contributed by atoms with Crippen molar-refractivity contribution in [3.63, 3.8) is 0 Å². The summed E-state index contributed by atoms with van der Waals surface area (Å²) in [6.45, 7) is 0.614. The van der Waals surface area contributed by atoms with E-state index in [-0.39, 0.29) is 11.5 Å². The highest BCUT2D eigenvalue weighted by molar-refractivity contribution is 5.97. The molecule has 25 heavy (non-hydrogen) atoms. The average Bonchev–Trinajstić information content (AvgIpc) is 3.08. The quantitative estimate of drug-likeness (QED) is 0.680. The van der Waals surface area contributed by atoms with Crippen LogP contribution in [-0.2, 0) is 6.42 Å². The Bertz CT molecular complexity index is 993. The Morgan fingerprint density at radius 2 is 2.08 bits per heavy atom. The highest BCUT2D eigenvalue weighted by atomic mass is 16.4. The van der Waals surface area contributed by atoms with Crippen LogP contribution in [0, 0.1) is 0 Å². The lowest BCUT2D eigenvalue weighted by Gasteiger charge is -2.10. The summed E-state index contributed by atoms with van der Waals surface area (Å²) < 4.78 is 0. The molecule has 1 aliphatic heterocycles. The molecular weight excluding hydrogens is 320 g/mol. The van der Waals surface area contributed by atoms with E-state index in [1.54, 1.807) is 30.5 Å². The number of H-pyrrole nitrogens is 1. The zero-order valence-electron chi connectivity index (χ0n) is 13.1. The molecule has 0 bridgehead atoms. The number of nitrogens with one attached hydrogen (secondary N) is 2. The van der Waals surface area contributed by atoms with Crippen molar-refractivity contribution in [2.45, 2.75) is 6.42 Å². The highest BCUT2D eigenvalue weighted by Crippen LogP contribution is 2.24. The number of carboxylic acid groups (broad SMARTS) is 1. The molecule has 7 heteroatoms. The van der Waals surface area contributed by atoms with E-state index in [0.717, 1.165) is 17.8 Å². The summed E-state index contributed by atoms with van der Waals surface area (Å²) in [7, 11) is 0. The van der Waals surface area contributed by atoms with Gasteiger partial charge in [0, 0.05) is 30.4 Å². The molecule has 1 aliphatic rings. The number of fused-ring (bicyclic) bond motifs is 1. The van der Waals surface area contributed by atoms with Crippen LogP contribution in [-0.4, -0.2) is 38.5 Å². The SMILES string of the molecule is O=C(O)c1cccc(-c2nccc(-c3cc4c([nH]3)CCNC4=O)n2)c1. The van der Waals surface area contributed by atoms with E-state index in [1.807, 2.05) is 0 Å². The standard InChI is InChI=1S/C18H14N4O3/c23-17-12-9-15(21-13(12)4-7-20-17)14-5-6-19-16(22-14)10-2-1-3-11(8-10)18(24)25/h1-3,5-6,8-9,21H,4,7H2,(H,20,23)(H,24,25). The van der Waals surface area contributed by atoms with Gasteiger partial charge in [-0.15, -0.1) is 0 Å². The smallest absolute Gasteiger partial charge is 0.335 e. The van der Waals surface area contributed by atoms with Crippen LogP contribution in [0.25, 0.3) is 22.8 Å². The van der Waals surface area contributed by atoms with Gasteiger partial charge in [0.05, 0.1) is 22.5 Å². The second kappa shape index (κ2) is 5.86. The van der Waals surface area contributed by atoms with Crippen molar-refractivity contribution in [3.8, 4) is 22.8 Å². The number of benzene rings is 1. The van der Waals surface area contributed by atoms with Crippen LogP contribution in [0.4, 0.5) is 0 Å². The second-order valence-electron chi connectivity index (χ2n) is 5.73. The Morgan fingerprint density at radius 3 is 2.88 bits per heavy atom. The van der Waals surface area contributed by atoms with E-state index in [9.17, 15) is 9.59 Å². The van der Waals surface area contributed by atoms with Crippen molar-refractivity contribution in [2.75, 3.05) is 6.54 Å². The van der Waals surface area contributed by atoms with Crippen LogP contribution in [0.15, 0.2) is 42.6 Å². The summed E-state index contributed by atoms with van der Waals surface area (Å²) in [6, 6.07) is 10.0. The summed E-state index contributed by atoms with van der Waals surface area (Å²) in [4.78, 5) is 35.0. The third-order valence-corrected chi connectivity index (χ3v) is 4.10. The van der Waals surface area contributed by atoms with Crippen molar-refractivity contribution in [2.24, 2.45) is 0 Å². The van der Waals surface area contributed by atoms with Crippen molar-refractivity contribution >= 4 is 11.9 Å². The van der Waals surface area contributed by atoms with Crippen molar-refractivity contribution in [1.82, 2.24) is 20.3 Å². The lowest BCUT2D eigenvalue weighted by atomic mass is 10.1. The minimum Gasteiger partial charge on any atom is -0.478 e. The molecule has 0 radical (unpaired) electrons.